The number of hydrogen-bond donors (Lipinski definition) is 0. The van der Waals surface area contributed by atoms with Crippen LogP contribution in [-0.2, 0) is 0 Å². The van der Waals surface area contributed by atoms with Gasteiger partial charge in [-0.05, 0) is 45.2 Å². The van der Waals surface area contributed by atoms with Crippen LogP contribution in [0.2, 0.25) is 0 Å². The van der Waals surface area contributed by atoms with Crippen LogP contribution in [0.3, 0.4) is 0 Å². The van der Waals surface area contributed by atoms with Gasteiger partial charge in [-0.2, -0.15) is 0 Å². The van der Waals surface area contributed by atoms with Gasteiger partial charge in [-0.25, -0.2) is 0 Å². The van der Waals surface area contributed by atoms with Crippen LogP contribution >= 0.6 is 0 Å². The van der Waals surface area contributed by atoms with Crippen molar-refractivity contribution in [2.24, 2.45) is 11.3 Å². The van der Waals surface area contributed by atoms with Crippen molar-refractivity contribution in [3.63, 3.8) is 0 Å². The van der Waals surface area contributed by atoms with Crippen molar-refractivity contribution in [1.82, 2.24) is 4.90 Å². The Balaban J connectivity index is 0.00000144. The van der Waals surface area contributed by atoms with Crippen molar-refractivity contribution in [3.8, 4) is 0 Å². The summed E-state index contributed by atoms with van der Waals surface area (Å²) >= 11 is 0. The summed E-state index contributed by atoms with van der Waals surface area (Å²) in [7, 11) is 2.24. The van der Waals surface area contributed by atoms with E-state index in [0.717, 1.165) is 5.92 Å². The van der Waals surface area contributed by atoms with Crippen LogP contribution in [-0.4, -0.2) is 42.9 Å². The molecule has 0 saturated carbocycles. The zero-order valence-electron chi connectivity index (χ0n) is 10.4. The minimum Gasteiger partial charge on any atom is -0.301 e. The fourth-order valence-corrected chi connectivity index (χ4v) is 2.12. The second kappa shape index (κ2) is 3.97. The largest absolute Gasteiger partial charge is 0.301 e. The molecule has 1 rings (SSSR count). The Kier molecular flexibility index (Phi) is 4.14. The first-order valence-corrected chi connectivity index (χ1v) is 5.01. The van der Waals surface area contributed by atoms with Crippen LogP contribution in [0.5, 0.6) is 0 Å². The summed E-state index contributed by atoms with van der Waals surface area (Å²) < 4.78 is 0. The summed E-state index contributed by atoms with van der Waals surface area (Å²) in [5, 5.41) is 0. The number of likely N-dealkylation sites (tertiary alicyclic amines) is 1. The van der Waals surface area contributed by atoms with Gasteiger partial charge in [0.2, 0.25) is 0 Å². The Morgan fingerprint density at radius 2 is 1.62 bits per heavy atom. The summed E-state index contributed by atoms with van der Waals surface area (Å²) in [6, 6.07) is 0. The van der Waals surface area contributed by atoms with Crippen molar-refractivity contribution < 1.29 is 0 Å². The predicted octanol–water partition coefficient (Wildman–Crippen LogP) is 2.38. The fourth-order valence-electron chi connectivity index (χ4n) is 2.12. The zero-order valence-corrected chi connectivity index (χ0v) is 10.4. The molecule has 0 spiro atoms. The molecule has 1 nitrogen and oxygen atoms in total. The Labute approximate surface area is 95.4 Å². The SMILES string of the molecule is CC1CCN(C)C(C)(C)C1(C)C.[Li]. The van der Waals surface area contributed by atoms with E-state index in [0.29, 0.717) is 11.0 Å². The van der Waals surface area contributed by atoms with Gasteiger partial charge in [-0.3, -0.25) is 0 Å². The molecule has 1 unspecified atom stereocenters. The van der Waals surface area contributed by atoms with Gasteiger partial charge in [0.15, 0.2) is 0 Å². The first kappa shape index (κ1) is 13.6. The summed E-state index contributed by atoms with van der Waals surface area (Å²) in [4.78, 5) is 2.49. The number of piperidine rings is 1. The van der Waals surface area contributed by atoms with Gasteiger partial charge in [-0.1, -0.05) is 20.8 Å². The van der Waals surface area contributed by atoms with Crippen molar-refractivity contribution in [2.45, 2.75) is 46.6 Å². The number of hydrogen-bond acceptors (Lipinski definition) is 1. The minimum atomic E-state index is 0. The van der Waals surface area contributed by atoms with Gasteiger partial charge in [0.25, 0.3) is 0 Å². The van der Waals surface area contributed by atoms with Crippen LogP contribution in [0.4, 0.5) is 0 Å². The smallest absolute Gasteiger partial charge is 0.0203 e. The molecule has 1 fully saturated rings. The summed E-state index contributed by atoms with van der Waals surface area (Å²) in [5.74, 6) is 0.837. The van der Waals surface area contributed by atoms with Crippen molar-refractivity contribution >= 4 is 18.9 Å². The second-order valence-electron chi connectivity index (χ2n) is 5.39. The molecule has 1 radical (unpaired) electrons. The average molecular weight is 176 g/mol. The van der Waals surface area contributed by atoms with Gasteiger partial charge in [-0.15, -0.1) is 0 Å². The summed E-state index contributed by atoms with van der Waals surface area (Å²) in [5.41, 5.74) is 0.769. The quantitative estimate of drug-likeness (QED) is 0.512. The molecular formula is C11H23LiN. The second-order valence-corrected chi connectivity index (χ2v) is 5.39. The molecule has 1 atom stereocenters. The minimum absolute atomic E-state index is 0. The van der Waals surface area contributed by atoms with Crippen LogP contribution < -0.4 is 0 Å². The molecule has 0 aromatic rings. The number of nitrogens with zero attached hydrogens (tertiary/aromatic N) is 1. The molecule has 1 aliphatic rings. The molecule has 0 aliphatic carbocycles. The molecule has 0 N–H and O–H groups in total. The van der Waals surface area contributed by atoms with Crippen LogP contribution in [0.1, 0.15) is 41.0 Å². The van der Waals surface area contributed by atoms with E-state index in [4.69, 9.17) is 0 Å². The first-order chi connectivity index (χ1) is 5.30. The Bertz CT molecular complexity index is 155. The summed E-state index contributed by atoms with van der Waals surface area (Å²) in [6.45, 7) is 13.2. The molecule has 2 heteroatoms. The van der Waals surface area contributed by atoms with Crippen molar-refractivity contribution in [1.29, 1.82) is 0 Å². The number of rotatable bonds is 0. The van der Waals surface area contributed by atoms with E-state index < -0.39 is 0 Å². The van der Waals surface area contributed by atoms with E-state index in [1.807, 2.05) is 0 Å². The van der Waals surface area contributed by atoms with Crippen molar-refractivity contribution in [3.05, 3.63) is 0 Å². The van der Waals surface area contributed by atoms with Gasteiger partial charge >= 0.3 is 0 Å². The fraction of sp³-hybridized carbons (Fsp3) is 1.00. The van der Waals surface area contributed by atoms with Gasteiger partial charge < -0.3 is 4.90 Å². The predicted molar refractivity (Wildman–Crippen MR) is 60.0 cm³/mol. The van der Waals surface area contributed by atoms with Crippen molar-refractivity contribution in [2.75, 3.05) is 13.6 Å². The Morgan fingerprint density at radius 3 is 2.00 bits per heavy atom. The molecular weight excluding hydrogens is 153 g/mol. The topological polar surface area (TPSA) is 3.24 Å². The van der Waals surface area contributed by atoms with E-state index >= 15 is 0 Å². The third kappa shape index (κ3) is 1.98. The van der Waals surface area contributed by atoms with E-state index in [9.17, 15) is 0 Å². The van der Waals surface area contributed by atoms with E-state index in [1.54, 1.807) is 0 Å². The van der Waals surface area contributed by atoms with Crippen LogP contribution in [0, 0.1) is 11.3 Å². The molecule has 1 aliphatic heterocycles. The van der Waals surface area contributed by atoms with E-state index in [1.165, 1.54) is 13.0 Å². The molecule has 13 heavy (non-hydrogen) atoms. The standard InChI is InChI=1S/C11H23N.Li/c1-9-7-8-12(6)11(4,5)10(9,2)3;/h9H,7-8H2,1-6H3;. The van der Waals surface area contributed by atoms with E-state index in [-0.39, 0.29) is 18.9 Å². The monoisotopic (exact) mass is 176 g/mol. The Morgan fingerprint density at radius 1 is 1.15 bits per heavy atom. The normalized spacial score (nSPS) is 32.3. The third-order valence-corrected chi connectivity index (χ3v) is 4.66. The molecule has 0 aromatic heterocycles. The van der Waals surface area contributed by atoms with Gasteiger partial charge in [0.05, 0.1) is 0 Å². The van der Waals surface area contributed by atoms with Gasteiger partial charge in [0.1, 0.15) is 0 Å². The van der Waals surface area contributed by atoms with Crippen LogP contribution in [0.25, 0.3) is 0 Å². The zero-order chi connectivity index (χ0) is 9.57. The average Bonchev–Trinajstić information content (AvgIpc) is 1.96. The molecule has 0 aromatic carbocycles. The molecule has 0 amide bonds. The Hall–Kier alpha value is 0.557. The van der Waals surface area contributed by atoms with Gasteiger partial charge in [0, 0.05) is 24.4 Å². The maximum atomic E-state index is 2.49. The molecule has 1 heterocycles. The maximum Gasteiger partial charge on any atom is 0.0203 e. The molecule has 1 saturated heterocycles. The van der Waals surface area contributed by atoms with E-state index in [2.05, 4.69) is 46.6 Å². The first-order valence-electron chi connectivity index (χ1n) is 5.01. The summed E-state index contributed by atoms with van der Waals surface area (Å²) in [6.07, 6.45) is 1.34. The van der Waals surface area contributed by atoms with Crippen LogP contribution in [0.15, 0.2) is 0 Å². The maximum absolute atomic E-state index is 2.49. The third-order valence-electron chi connectivity index (χ3n) is 4.66. The molecule has 0 bridgehead atoms. The molecule has 73 valence electrons.